The summed E-state index contributed by atoms with van der Waals surface area (Å²) in [5, 5.41) is 0. The van der Waals surface area contributed by atoms with Gasteiger partial charge in [-0.25, -0.2) is 4.90 Å². The maximum absolute atomic E-state index is 5.90. The van der Waals surface area contributed by atoms with E-state index in [2.05, 4.69) is 17.0 Å². The van der Waals surface area contributed by atoms with Crippen LogP contribution in [0, 0.1) is 0 Å². The van der Waals surface area contributed by atoms with Gasteiger partial charge in [-0.05, 0) is 12.1 Å². The van der Waals surface area contributed by atoms with Gasteiger partial charge in [0, 0.05) is 24.2 Å². The molecule has 3 nitrogen and oxygen atoms in total. The van der Waals surface area contributed by atoms with Gasteiger partial charge in [0.15, 0.2) is 0 Å². The van der Waals surface area contributed by atoms with Gasteiger partial charge in [0.1, 0.15) is 11.5 Å². The molecule has 90 valence electrons. The lowest BCUT2D eigenvalue weighted by molar-refractivity contribution is -0.149. The minimum atomic E-state index is -0.296. The van der Waals surface area contributed by atoms with Crippen molar-refractivity contribution in [2.24, 2.45) is 0 Å². The van der Waals surface area contributed by atoms with Gasteiger partial charge in [-0.15, -0.1) is 0 Å². The molecule has 2 aromatic rings. The molecule has 0 fully saturated rings. The number of fused-ring (bicyclic) bond motifs is 3. The van der Waals surface area contributed by atoms with Crippen LogP contribution in [0.1, 0.15) is 11.1 Å². The molecule has 0 N–H and O–H groups in total. The first-order chi connectivity index (χ1) is 8.90. The maximum Gasteiger partial charge on any atom is 0.305 e. The highest BCUT2D eigenvalue weighted by Crippen LogP contribution is 2.34. The molecule has 4 rings (SSSR count). The number of ether oxygens (including phenoxy) is 2. The van der Waals surface area contributed by atoms with Gasteiger partial charge in [-0.3, -0.25) is 0 Å². The van der Waals surface area contributed by atoms with Crippen molar-refractivity contribution >= 4 is 0 Å². The fraction of sp³-hybridized carbons (Fsp3) is 0.200. The normalized spacial score (nSPS) is 18.0. The van der Waals surface area contributed by atoms with Crippen molar-refractivity contribution in [2.45, 2.75) is 19.5 Å². The fourth-order valence-corrected chi connectivity index (χ4v) is 2.53. The average Bonchev–Trinajstić information content (AvgIpc) is 2.42. The van der Waals surface area contributed by atoms with Gasteiger partial charge >= 0.3 is 6.41 Å². The van der Waals surface area contributed by atoms with E-state index in [-0.39, 0.29) is 6.41 Å². The van der Waals surface area contributed by atoms with Crippen LogP contribution in [0.25, 0.3) is 0 Å². The largest absolute Gasteiger partial charge is 0.441 e. The summed E-state index contributed by atoms with van der Waals surface area (Å²) in [4.78, 5) is 2.20. The Bertz CT molecular complexity index is 493. The lowest BCUT2D eigenvalue weighted by Gasteiger charge is -2.39. The molecule has 0 amide bonds. The molecule has 2 heterocycles. The van der Waals surface area contributed by atoms with Crippen molar-refractivity contribution in [3.63, 3.8) is 0 Å². The molecule has 0 atom stereocenters. The van der Waals surface area contributed by atoms with Gasteiger partial charge < -0.3 is 9.47 Å². The van der Waals surface area contributed by atoms with E-state index in [1.807, 2.05) is 36.4 Å². The van der Waals surface area contributed by atoms with E-state index >= 15 is 0 Å². The van der Waals surface area contributed by atoms with Crippen molar-refractivity contribution in [3.05, 3.63) is 59.7 Å². The molecule has 3 heteroatoms. The lowest BCUT2D eigenvalue weighted by atomic mass is 10.1. The minimum absolute atomic E-state index is 0.296. The highest BCUT2D eigenvalue weighted by Gasteiger charge is 2.33. The molecule has 2 aliphatic heterocycles. The number of hydrogen-bond acceptors (Lipinski definition) is 3. The number of benzene rings is 2. The van der Waals surface area contributed by atoms with E-state index in [9.17, 15) is 0 Å². The Balaban J connectivity index is 1.70. The molecular weight excluding hydrogens is 226 g/mol. The van der Waals surface area contributed by atoms with E-state index in [1.54, 1.807) is 0 Å². The first-order valence-corrected chi connectivity index (χ1v) is 6.13. The van der Waals surface area contributed by atoms with Crippen LogP contribution in [0.3, 0.4) is 0 Å². The Labute approximate surface area is 106 Å². The number of nitrogens with zero attached hydrogens (tertiary/aromatic N) is 1. The Morgan fingerprint density at radius 3 is 1.83 bits per heavy atom. The third kappa shape index (κ3) is 1.48. The number of hydrogen-bond donors (Lipinski definition) is 0. The Morgan fingerprint density at radius 1 is 0.778 bits per heavy atom. The van der Waals surface area contributed by atoms with Crippen LogP contribution < -0.4 is 9.47 Å². The highest BCUT2D eigenvalue weighted by molar-refractivity contribution is 5.38. The van der Waals surface area contributed by atoms with Crippen LogP contribution in [-0.4, -0.2) is 11.3 Å². The van der Waals surface area contributed by atoms with Crippen LogP contribution in [0.15, 0.2) is 48.5 Å². The highest BCUT2D eigenvalue weighted by atomic mass is 16.7. The van der Waals surface area contributed by atoms with Crippen molar-refractivity contribution in [3.8, 4) is 11.5 Å². The molecule has 18 heavy (non-hydrogen) atoms. The molecule has 2 aromatic carbocycles. The van der Waals surface area contributed by atoms with Crippen molar-refractivity contribution in [1.82, 2.24) is 4.90 Å². The molecule has 0 saturated carbocycles. The quantitative estimate of drug-likeness (QED) is 0.705. The first-order valence-electron chi connectivity index (χ1n) is 6.13. The van der Waals surface area contributed by atoms with Crippen LogP contribution in [0.2, 0.25) is 0 Å². The summed E-state index contributed by atoms with van der Waals surface area (Å²) in [6.07, 6.45) is -0.296. The second kappa shape index (κ2) is 3.75. The SMILES string of the molecule is c1ccc2c(c1)CN1Cc3ccccc3OC1O2. The van der Waals surface area contributed by atoms with E-state index in [0.717, 1.165) is 24.6 Å². The molecule has 0 saturated heterocycles. The Kier molecular flexibility index (Phi) is 2.08. The monoisotopic (exact) mass is 239 g/mol. The van der Waals surface area contributed by atoms with Gasteiger partial charge in [-0.2, -0.15) is 0 Å². The zero-order valence-electron chi connectivity index (χ0n) is 9.87. The topological polar surface area (TPSA) is 21.7 Å². The maximum atomic E-state index is 5.90. The van der Waals surface area contributed by atoms with Crippen LogP contribution in [0.4, 0.5) is 0 Å². The van der Waals surface area contributed by atoms with E-state index < -0.39 is 0 Å². The predicted molar refractivity (Wildman–Crippen MR) is 67.2 cm³/mol. The molecule has 0 aromatic heterocycles. The Morgan fingerprint density at radius 2 is 1.28 bits per heavy atom. The minimum Gasteiger partial charge on any atom is -0.441 e. The summed E-state index contributed by atoms with van der Waals surface area (Å²) in [5.41, 5.74) is 2.44. The van der Waals surface area contributed by atoms with E-state index in [0.29, 0.717) is 0 Å². The average molecular weight is 239 g/mol. The Hall–Kier alpha value is -2.00. The number of rotatable bonds is 0. The summed E-state index contributed by atoms with van der Waals surface area (Å²) in [6, 6.07) is 16.3. The molecular formula is C15H13NO2. The summed E-state index contributed by atoms with van der Waals surface area (Å²) >= 11 is 0. The van der Waals surface area contributed by atoms with Gasteiger partial charge in [0.25, 0.3) is 0 Å². The molecule has 0 spiro atoms. The van der Waals surface area contributed by atoms with Crippen molar-refractivity contribution in [1.29, 1.82) is 0 Å². The van der Waals surface area contributed by atoms with E-state index in [4.69, 9.17) is 9.47 Å². The van der Waals surface area contributed by atoms with Crippen molar-refractivity contribution < 1.29 is 9.47 Å². The molecule has 0 radical (unpaired) electrons. The van der Waals surface area contributed by atoms with Crippen LogP contribution in [0.5, 0.6) is 11.5 Å². The smallest absolute Gasteiger partial charge is 0.305 e. The summed E-state index contributed by atoms with van der Waals surface area (Å²) < 4.78 is 11.8. The third-order valence-corrected chi connectivity index (χ3v) is 3.45. The summed E-state index contributed by atoms with van der Waals surface area (Å²) in [5.74, 6) is 1.86. The molecule has 0 aliphatic carbocycles. The van der Waals surface area contributed by atoms with Gasteiger partial charge in [0.2, 0.25) is 0 Å². The zero-order chi connectivity index (χ0) is 11.9. The standard InChI is InChI=1S/C15H13NO2/c1-3-7-13-11(5-1)9-16-10-12-6-2-4-8-14(12)18-15(16)17-13/h1-8,15H,9-10H2. The summed E-state index contributed by atoms with van der Waals surface area (Å²) in [6.45, 7) is 1.74. The number of para-hydroxylation sites is 2. The second-order valence-electron chi connectivity index (χ2n) is 4.66. The zero-order valence-corrected chi connectivity index (χ0v) is 9.87. The third-order valence-electron chi connectivity index (χ3n) is 3.45. The van der Waals surface area contributed by atoms with Crippen molar-refractivity contribution in [2.75, 3.05) is 0 Å². The molecule has 0 bridgehead atoms. The first kappa shape index (κ1) is 9.97. The molecule has 0 unspecified atom stereocenters. The lowest BCUT2D eigenvalue weighted by Crippen LogP contribution is -2.48. The van der Waals surface area contributed by atoms with Gasteiger partial charge in [0.05, 0.1) is 0 Å². The van der Waals surface area contributed by atoms with Gasteiger partial charge in [-0.1, -0.05) is 36.4 Å². The van der Waals surface area contributed by atoms with Crippen LogP contribution >= 0.6 is 0 Å². The van der Waals surface area contributed by atoms with Crippen LogP contribution in [-0.2, 0) is 13.1 Å². The predicted octanol–water partition coefficient (Wildman–Crippen LogP) is 2.76. The molecule has 2 aliphatic rings. The summed E-state index contributed by atoms with van der Waals surface area (Å²) in [7, 11) is 0. The second-order valence-corrected chi connectivity index (χ2v) is 4.66. The van der Waals surface area contributed by atoms with E-state index in [1.165, 1.54) is 11.1 Å². The fourth-order valence-electron chi connectivity index (χ4n) is 2.53.